The highest BCUT2D eigenvalue weighted by Crippen LogP contribution is 2.45. The van der Waals surface area contributed by atoms with Gasteiger partial charge < -0.3 is 0 Å². The molecular weight excluding hydrogens is 278 g/mol. The van der Waals surface area contributed by atoms with Crippen molar-refractivity contribution in [1.82, 2.24) is 0 Å². The number of nitriles is 2. The largest absolute Gasteiger partial charge is 0.288 e. The molecular formula is C11H2F2N2OS2. The van der Waals surface area contributed by atoms with Crippen molar-refractivity contribution in [2.45, 2.75) is 0 Å². The van der Waals surface area contributed by atoms with Gasteiger partial charge in [0.15, 0.2) is 11.6 Å². The van der Waals surface area contributed by atoms with Crippen LogP contribution in [0.15, 0.2) is 16.6 Å². The molecule has 88 valence electrons. The summed E-state index contributed by atoms with van der Waals surface area (Å²) in [4.78, 5) is 11.8. The number of ketones is 1. The van der Waals surface area contributed by atoms with Gasteiger partial charge in [0, 0.05) is 11.1 Å². The van der Waals surface area contributed by atoms with E-state index in [4.69, 9.17) is 10.5 Å². The van der Waals surface area contributed by atoms with E-state index in [9.17, 15) is 13.6 Å². The van der Waals surface area contributed by atoms with Crippen LogP contribution in [0.4, 0.5) is 8.78 Å². The van der Waals surface area contributed by atoms with Crippen molar-refractivity contribution in [2.24, 2.45) is 0 Å². The van der Waals surface area contributed by atoms with Crippen molar-refractivity contribution < 1.29 is 13.6 Å². The number of nitrogens with zero attached hydrogens (tertiary/aromatic N) is 2. The van der Waals surface area contributed by atoms with Crippen LogP contribution in [0.3, 0.4) is 0 Å². The van der Waals surface area contributed by atoms with E-state index in [2.05, 4.69) is 12.6 Å². The predicted molar refractivity (Wildman–Crippen MR) is 63.8 cm³/mol. The highest BCUT2D eigenvalue weighted by Gasteiger charge is 2.38. The van der Waals surface area contributed by atoms with Gasteiger partial charge in [0.1, 0.15) is 17.7 Å². The highest BCUT2D eigenvalue weighted by atomic mass is 32.1. The zero-order chi connectivity index (χ0) is 13.4. The van der Waals surface area contributed by atoms with Gasteiger partial charge in [-0.05, 0) is 5.41 Å². The third-order valence-corrected chi connectivity index (χ3v) is 3.61. The number of hydrogen-bond acceptors (Lipinski definition) is 5. The molecule has 0 spiro atoms. The molecule has 1 heterocycles. The van der Waals surface area contributed by atoms with Crippen LogP contribution in [-0.2, 0) is 0 Å². The molecule has 0 radical (unpaired) electrons. The van der Waals surface area contributed by atoms with Gasteiger partial charge in [-0.15, -0.1) is 11.3 Å². The first-order valence-corrected chi connectivity index (χ1v) is 5.82. The molecule has 0 amide bonds. The molecule has 1 aliphatic carbocycles. The Labute approximate surface area is 110 Å². The molecule has 3 nitrogen and oxygen atoms in total. The minimum absolute atomic E-state index is 0.0339. The number of halogens is 2. The average Bonchev–Trinajstić information content (AvgIpc) is 2.79. The van der Waals surface area contributed by atoms with E-state index >= 15 is 0 Å². The molecule has 0 unspecified atom stereocenters. The molecule has 18 heavy (non-hydrogen) atoms. The van der Waals surface area contributed by atoms with Crippen LogP contribution in [0.2, 0.25) is 0 Å². The van der Waals surface area contributed by atoms with Crippen LogP contribution in [0.1, 0.15) is 15.2 Å². The lowest BCUT2D eigenvalue weighted by molar-refractivity contribution is 0.103. The number of rotatable bonds is 0. The van der Waals surface area contributed by atoms with Gasteiger partial charge in [-0.1, -0.05) is 0 Å². The summed E-state index contributed by atoms with van der Waals surface area (Å²) in [7, 11) is 0. The fourth-order valence-electron chi connectivity index (χ4n) is 1.64. The number of thiophene rings is 1. The molecule has 7 heteroatoms. The zero-order valence-corrected chi connectivity index (χ0v) is 10.2. The maximum atomic E-state index is 13.4. The molecule has 0 aromatic carbocycles. The Hall–Kier alpha value is -1.96. The number of carbonyl (C=O) groups is 1. The van der Waals surface area contributed by atoms with Crippen molar-refractivity contribution >= 4 is 35.3 Å². The second-order valence-corrected chi connectivity index (χ2v) is 4.47. The van der Waals surface area contributed by atoms with Gasteiger partial charge >= 0.3 is 0 Å². The number of carbonyl (C=O) groups excluding carboxylic acids is 1. The van der Waals surface area contributed by atoms with E-state index in [1.54, 1.807) is 12.1 Å². The second-order valence-electron chi connectivity index (χ2n) is 3.24. The maximum Gasteiger partial charge on any atom is 0.213 e. The monoisotopic (exact) mass is 280 g/mol. The van der Waals surface area contributed by atoms with Crippen molar-refractivity contribution in [3.8, 4) is 12.1 Å². The van der Waals surface area contributed by atoms with Crippen LogP contribution in [0.5, 0.6) is 0 Å². The van der Waals surface area contributed by atoms with Gasteiger partial charge in [0.2, 0.25) is 5.13 Å². The van der Waals surface area contributed by atoms with Crippen molar-refractivity contribution in [3.63, 3.8) is 0 Å². The Bertz CT molecular complexity index is 701. The van der Waals surface area contributed by atoms with E-state index in [1.807, 2.05) is 0 Å². The fourth-order valence-corrected chi connectivity index (χ4v) is 2.86. The SMILES string of the molecule is N#CC(C#N)=C1/C(=C/S)C(=O)c2c1sc(F)c2F. The molecule has 0 bridgehead atoms. The van der Waals surface area contributed by atoms with E-state index in [1.165, 1.54) is 0 Å². The Morgan fingerprint density at radius 2 is 1.94 bits per heavy atom. The van der Waals surface area contributed by atoms with Crippen LogP contribution in [-0.4, -0.2) is 5.78 Å². The first-order chi connectivity index (χ1) is 8.56. The molecule has 1 aromatic heterocycles. The van der Waals surface area contributed by atoms with Crippen LogP contribution in [0, 0.1) is 33.6 Å². The Morgan fingerprint density at radius 1 is 1.33 bits per heavy atom. The number of allylic oxidation sites excluding steroid dienone is 3. The summed E-state index contributed by atoms with van der Waals surface area (Å²) in [5, 5.41) is 17.6. The first-order valence-electron chi connectivity index (χ1n) is 4.48. The van der Waals surface area contributed by atoms with Crippen LogP contribution >= 0.6 is 24.0 Å². The van der Waals surface area contributed by atoms with Crippen LogP contribution < -0.4 is 0 Å². The van der Waals surface area contributed by atoms with Gasteiger partial charge in [-0.25, -0.2) is 4.39 Å². The van der Waals surface area contributed by atoms with Crippen molar-refractivity contribution in [1.29, 1.82) is 10.5 Å². The van der Waals surface area contributed by atoms with Crippen LogP contribution in [0.25, 0.3) is 5.57 Å². The molecule has 0 saturated heterocycles. The zero-order valence-electron chi connectivity index (χ0n) is 8.49. The third-order valence-electron chi connectivity index (χ3n) is 2.38. The van der Waals surface area contributed by atoms with Gasteiger partial charge in [-0.2, -0.15) is 27.5 Å². The van der Waals surface area contributed by atoms with Gasteiger partial charge in [0.05, 0.1) is 10.4 Å². The highest BCUT2D eigenvalue weighted by molar-refractivity contribution is 7.83. The number of fused-ring (bicyclic) bond motifs is 1. The predicted octanol–water partition coefficient (Wildman–Crippen LogP) is 2.84. The number of Topliss-reactive ketones (excluding diaryl/α,β-unsaturated/α-hetero) is 1. The maximum absolute atomic E-state index is 13.4. The Morgan fingerprint density at radius 3 is 2.44 bits per heavy atom. The summed E-state index contributed by atoms with van der Waals surface area (Å²) in [6, 6.07) is 3.20. The third kappa shape index (κ3) is 1.49. The van der Waals surface area contributed by atoms with Crippen molar-refractivity contribution in [2.75, 3.05) is 0 Å². The topological polar surface area (TPSA) is 64.7 Å². The lowest BCUT2D eigenvalue weighted by Gasteiger charge is -1.98. The minimum Gasteiger partial charge on any atom is -0.288 e. The molecule has 1 aliphatic rings. The summed E-state index contributed by atoms with van der Waals surface area (Å²) < 4.78 is 26.6. The molecule has 1 aromatic rings. The van der Waals surface area contributed by atoms with E-state index in [-0.39, 0.29) is 21.6 Å². The Kier molecular flexibility index (Phi) is 3.04. The summed E-state index contributed by atoms with van der Waals surface area (Å²) in [6.07, 6.45) is 0. The summed E-state index contributed by atoms with van der Waals surface area (Å²) >= 11 is 4.19. The van der Waals surface area contributed by atoms with E-state index < -0.39 is 22.3 Å². The first kappa shape index (κ1) is 12.5. The normalized spacial score (nSPS) is 15.5. The standard InChI is InChI=1S/C11H2F2N2OS2/c12-8-7-9(16)5(3-17)6(4(1-14)2-15)10(7)18-11(8)13/h3,17H/b5-3-. The fraction of sp³-hybridized carbons (Fsp3) is 0. The lowest BCUT2D eigenvalue weighted by Crippen LogP contribution is -1.98. The summed E-state index contributed by atoms with van der Waals surface area (Å²) in [5.41, 5.74) is -0.932. The van der Waals surface area contributed by atoms with E-state index in [0.717, 1.165) is 5.41 Å². The molecule has 0 saturated carbocycles. The van der Waals surface area contributed by atoms with Gasteiger partial charge in [0.25, 0.3) is 0 Å². The van der Waals surface area contributed by atoms with Gasteiger partial charge in [-0.3, -0.25) is 4.79 Å². The summed E-state index contributed by atoms with van der Waals surface area (Å²) in [5.74, 6) is -2.02. The smallest absolute Gasteiger partial charge is 0.213 e. The van der Waals surface area contributed by atoms with Crippen molar-refractivity contribution in [3.05, 3.63) is 37.9 Å². The second kappa shape index (κ2) is 4.37. The van der Waals surface area contributed by atoms with E-state index in [0.29, 0.717) is 11.3 Å². The number of thiol groups is 1. The lowest BCUT2D eigenvalue weighted by atomic mass is 10.1. The quantitative estimate of drug-likeness (QED) is 0.451. The average molecular weight is 280 g/mol. The summed E-state index contributed by atoms with van der Waals surface area (Å²) in [6.45, 7) is 0. The molecule has 2 rings (SSSR count). The molecule has 0 fully saturated rings. The minimum atomic E-state index is -1.25. The molecule has 0 atom stereocenters. The Balaban J connectivity index is 2.90. The number of hydrogen-bond donors (Lipinski definition) is 1. The molecule has 0 N–H and O–H groups in total. The molecule has 0 aliphatic heterocycles.